The van der Waals surface area contributed by atoms with Crippen molar-refractivity contribution < 1.29 is 9.84 Å². The number of aromatic nitrogens is 3. The van der Waals surface area contributed by atoms with Crippen molar-refractivity contribution in [1.29, 1.82) is 0 Å². The van der Waals surface area contributed by atoms with Crippen LogP contribution in [0.5, 0.6) is 11.5 Å². The molecule has 1 aromatic carbocycles. The third-order valence-electron chi connectivity index (χ3n) is 3.82. The van der Waals surface area contributed by atoms with E-state index in [1.54, 1.807) is 19.4 Å². The Hall–Kier alpha value is -2.56. The van der Waals surface area contributed by atoms with Crippen LogP contribution in [0.3, 0.4) is 0 Å². The van der Waals surface area contributed by atoms with Crippen LogP contribution in [0.15, 0.2) is 36.5 Å². The highest BCUT2D eigenvalue weighted by molar-refractivity contribution is 5.80. The highest BCUT2D eigenvalue weighted by Crippen LogP contribution is 2.43. The predicted octanol–water partition coefficient (Wildman–Crippen LogP) is 3.15. The van der Waals surface area contributed by atoms with Gasteiger partial charge >= 0.3 is 0 Å². The summed E-state index contributed by atoms with van der Waals surface area (Å²) in [6.45, 7) is 0. The summed E-state index contributed by atoms with van der Waals surface area (Å²) in [6.07, 6.45) is 4.03. The van der Waals surface area contributed by atoms with E-state index in [0.717, 1.165) is 29.8 Å². The summed E-state index contributed by atoms with van der Waals surface area (Å²) < 4.78 is 7.32. The Morgan fingerprint density at radius 1 is 1.24 bits per heavy atom. The minimum Gasteiger partial charge on any atom is -0.504 e. The van der Waals surface area contributed by atoms with Crippen LogP contribution in [0.2, 0.25) is 0 Å². The molecule has 1 aliphatic carbocycles. The molecule has 1 fully saturated rings. The summed E-state index contributed by atoms with van der Waals surface area (Å²) in [6, 6.07) is 9.70. The lowest BCUT2D eigenvalue weighted by Crippen LogP contribution is -1.99. The van der Waals surface area contributed by atoms with Gasteiger partial charge in [0.15, 0.2) is 17.1 Å². The van der Waals surface area contributed by atoms with Gasteiger partial charge in [-0.2, -0.15) is 0 Å². The van der Waals surface area contributed by atoms with Crippen molar-refractivity contribution in [3.05, 3.63) is 36.5 Å². The van der Waals surface area contributed by atoms with E-state index in [2.05, 4.69) is 14.5 Å². The second-order valence-electron chi connectivity index (χ2n) is 5.24. The van der Waals surface area contributed by atoms with Gasteiger partial charge in [0.25, 0.3) is 0 Å². The van der Waals surface area contributed by atoms with Crippen molar-refractivity contribution in [3.8, 4) is 22.9 Å². The number of fused-ring (bicyclic) bond motifs is 1. The zero-order chi connectivity index (χ0) is 14.4. The van der Waals surface area contributed by atoms with Crippen LogP contribution in [-0.4, -0.2) is 26.8 Å². The number of aromatic hydroxyl groups is 1. The molecule has 4 rings (SSSR count). The average molecular weight is 281 g/mol. The van der Waals surface area contributed by atoms with Crippen molar-refractivity contribution in [1.82, 2.24) is 14.5 Å². The monoisotopic (exact) mass is 281 g/mol. The third kappa shape index (κ3) is 1.85. The highest BCUT2D eigenvalue weighted by atomic mass is 16.5. The van der Waals surface area contributed by atoms with Crippen molar-refractivity contribution in [2.45, 2.75) is 18.9 Å². The van der Waals surface area contributed by atoms with Gasteiger partial charge in [0.1, 0.15) is 11.3 Å². The molecule has 0 atom stereocenters. The molecule has 1 saturated carbocycles. The van der Waals surface area contributed by atoms with E-state index in [-0.39, 0.29) is 5.75 Å². The van der Waals surface area contributed by atoms with Crippen LogP contribution in [-0.2, 0) is 0 Å². The second-order valence-corrected chi connectivity index (χ2v) is 5.24. The summed E-state index contributed by atoms with van der Waals surface area (Å²) in [5, 5.41) is 10.4. The minimum atomic E-state index is 0.122. The van der Waals surface area contributed by atoms with E-state index >= 15 is 0 Å². The summed E-state index contributed by atoms with van der Waals surface area (Å²) >= 11 is 0. The summed E-state index contributed by atoms with van der Waals surface area (Å²) in [7, 11) is 1.55. The zero-order valence-electron chi connectivity index (χ0n) is 11.7. The van der Waals surface area contributed by atoms with Gasteiger partial charge in [0, 0.05) is 12.2 Å². The molecular formula is C16H15N3O2. The van der Waals surface area contributed by atoms with Crippen LogP contribution in [0.25, 0.3) is 22.6 Å². The SMILES string of the molecule is COc1cccc(-c2nc3cccnc3n2C2CC2)c1O. The van der Waals surface area contributed by atoms with Gasteiger partial charge in [-0.25, -0.2) is 9.97 Å². The van der Waals surface area contributed by atoms with Crippen LogP contribution in [0.4, 0.5) is 0 Å². The molecular weight excluding hydrogens is 266 g/mol. The third-order valence-corrected chi connectivity index (χ3v) is 3.82. The maximum atomic E-state index is 10.4. The number of methoxy groups -OCH3 is 1. The van der Waals surface area contributed by atoms with Crippen molar-refractivity contribution in [2.24, 2.45) is 0 Å². The number of hydrogen-bond donors (Lipinski definition) is 1. The highest BCUT2D eigenvalue weighted by Gasteiger charge is 2.30. The van der Waals surface area contributed by atoms with Crippen molar-refractivity contribution in [3.63, 3.8) is 0 Å². The zero-order valence-corrected chi connectivity index (χ0v) is 11.7. The smallest absolute Gasteiger partial charge is 0.168 e. The van der Waals surface area contributed by atoms with E-state index < -0.39 is 0 Å². The summed E-state index contributed by atoms with van der Waals surface area (Å²) in [5.74, 6) is 1.33. The Morgan fingerprint density at radius 3 is 2.86 bits per heavy atom. The van der Waals surface area contributed by atoms with Gasteiger partial charge in [-0.05, 0) is 37.1 Å². The fraction of sp³-hybridized carbons (Fsp3) is 0.250. The molecule has 2 heterocycles. The number of phenols is 1. The lowest BCUT2D eigenvalue weighted by atomic mass is 10.1. The number of benzene rings is 1. The molecule has 3 aromatic rings. The van der Waals surface area contributed by atoms with E-state index in [1.165, 1.54) is 0 Å². The second kappa shape index (κ2) is 4.48. The van der Waals surface area contributed by atoms with Gasteiger partial charge in [-0.1, -0.05) is 6.07 Å². The standard InChI is InChI=1S/C16H15N3O2/c1-21-13-6-2-4-11(14(13)20)15-18-12-5-3-9-17-16(12)19(15)10-7-8-10/h2-6,9-10,20H,7-8H2,1H3. The molecule has 0 spiro atoms. The molecule has 106 valence electrons. The Bertz CT molecular complexity index is 822. The van der Waals surface area contributed by atoms with E-state index in [9.17, 15) is 5.11 Å². The molecule has 0 unspecified atom stereocenters. The maximum absolute atomic E-state index is 10.4. The number of phenolic OH excluding ortho intramolecular Hbond substituents is 1. The van der Waals surface area contributed by atoms with Crippen molar-refractivity contribution in [2.75, 3.05) is 7.11 Å². The van der Waals surface area contributed by atoms with Crippen molar-refractivity contribution >= 4 is 11.2 Å². The lowest BCUT2D eigenvalue weighted by molar-refractivity contribution is 0.374. The molecule has 1 aliphatic rings. The number of ether oxygens (including phenoxy) is 1. The van der Waals surface area contributed by atoms with Crippen LogP contribution >= 0.6 is 0 Å². The number of hydrogen-bond acceptors (Lipinski definition) is 4. The van der Waals surface area contributed by atoms with Gasteiger partial charge in [0.05, 0.1) is 12.7 Å². The van der Waals surface area contributed by atoms with Crippen LogP contribution in [0, 0.1) is 0 Å². The molecule has 0 amide bonds. The number of nitrogens with zero attached hydrogens (tertiary/aromatic N) is 3. The fourth-order valence-corrected chi connectivity index (χ4v) is 2.67. The molecule has 0 saturated heterocycles. The normalized spacial score (nSPS) is 14.5. The Morgan fingerprint density at radius 2 is 2.10 bits per heavy atom. The van der Waals surface area contributed by atoms with Gasteiger partial charge in [-0.3, -0.25) is 0 Å². The first-order valence-corrected chi connectivity index (χ1v) is 6.99. The molecule has 0 bridgehead atoms. The lowest BCUT2D eigenvalue weighted by Gasteiger charge is -2.10. The predicted molar refractivity (Wildman–Crippen MR) is 79.5 cm³/mol. The Kier molecular flexibility index (Phi) is 2.60. The molecule has 5 nitrogen and oxygen atoms in total. The first kappa shape index (κ1) is 12.2. The van der Waals surface area contributed by atoms with E-state index in [0.29, 0.717) is 17.4 Å². The van der Waals surface area contributed by atoms with E-state index in [1.807, 2.05) is 24.3 Å². The molecule has 2 aromatic heterocycles. The first-order chi connectivity index (χ1) is 10.3. The quantitative estimate of drug-likeness (QED) is 0.801. The largest absolute Gasteiger partial charge is 0.504 e. The fourth-order valence-electron chi connectivity index (χ4n) is 2.67. The van der Waals surface area contributed by atoms with Gasteiger partial charge < -0.3 is 14.4 Å². The molecule has 0 radical (unpaired) electrons. The number of pyridine rings is 1. The minimum absolute atomic E-state index is 0.122. The molecule has 1 N–H and O–H groups in total. The number of imidazole rings is 1. The summed E-state index contributed by atoms with van der Waals surface area (Å²) in [5.41, 5.74) is 2.40. The van der Waals surface area contributed by atoms with Crippen LogP contribution in [0.1, 0.15) is 18.9 Å². The Labute approximate surface area is 121 Å². The van der Waals surface area contributed by atoms with E-state index in [4.69, 9.17) is 4.74 Å². The average Bonchev–Trinajstić information content (AvgIpc) is 3.27. The number of rotatable bonds is 3. The van der Waals surface area contributed by atoms with Crippen LogP contribution < -0.4 is 4.74 Å². The maximum Gasteiger partial charge on any atom is 0.168 e. The summed E-state index contributed by atoms with van der Waals surface area (Å²) in [4.78, 5) is 9.11. The first-order valence-electron chi connectivity index (χ1n) is 6.99. The molecule has 21 heavy (non-hydrogen) atoms. The molecule has 5 heteroatoms. The van der Waals surface area contributed by atoms with Gasteiger partial charge in [0.2, 0.25) is 0 Å². The topological polar surface area (TPSA) is 60.2 Å². The number of para-hydroxylation sites is 1. The Balaban J connectivity index is 2.00. The molecule has 0 aliphatic heterocycles. The van der Waals surface area contributed by atoms with Gasteiger partial charge in [-0.15, -0.1) is 0 Å².